The van der Waals surface area contributed by atoms with Gasteiger partial charge in [0.05, 0.1) is 0 Å². The highest BCUT2D eigenvalue weighted by atomic mass is 16.5. The highest BCUT2D eigenvalue weighted by molar-refractivity contribution is 5.91. The molecular weight excluding hydrogens is 308 g/mol. The molecule has 0 fully saturated rings. The van der Waals surface area contributed by atoms with Gasteiger partial charge in [0.25, 0.3) is 0 Å². The second-order valence-electron chi connectivity index (χ2n) is 6.04. The summed E-state index contributed by atoms with van der Waals surface area (Å²) in [5.74, 6) is -1.84. The number of carboxylic acid groups (broad SMARTS) is 1. The lowest BCUT2D eigenvalue weighted by molar-refractivity contribution is -0.134. The van der Waals surface area contributed by atoms with Crippen molar-refractivity contribution in [2.45, 2.75) is 71.1 Å². The molecule has 0 spiro atoms. The van der Waals surface area contributed by atoms with Crippen molar-refractivity contribution < 1.29 is 24.5 Å². The van der Waals surface area contributed by atoms with Gasteiger partial charge in [-0.1, -0.05) is 58.3 Å². The van der Waals surface area contributed by atoms with Crippen LogP contribution in [0.2, 0.25) is 0 Å². The Kier molecular flexibility index (Phi) is 9.58. The summed E-state index contributed by atoms with van der Waals surface area (Å²) in [5.41, 5.74) is -0.275. The number of benzene rings is 1. The molecule has 134 valence electrons. The summed E-state index contributed by atoms with van der Waals surface area (Å²) in [6, 6.07) is 3.76. The van der Waals surface area contributed by atoms with Gasteiger partial charge in [0.15, 0.2) is 0 Å². The van der Waals surface area contributed by atoms with Gasteiger partial charge < -0.3 is 14.9 Å². The van der Waals surface area contributed by atoms with Crippen molar-refractivity contribution in [3.8, 4) is 11.5 Å². The van der Waals surface area contributed by atoms with E-state index in [1.165, 1.54) is 50.7 Å². The van der Waals surface area contributed by atoms with Crippen molar-refractivity contribution >= 4 is 11.9 Å². The third-order valence-electron chi connectivity index (χ3n) is 3.91. The zero-order chi connectivity index (χ0) is 17.8. The molecule has 0 radical (unpaired) electrons. The van der Waals surface area contributed by atoms with Crippen LogP contribution in [0.15, 0.2) is 18.2 Å². The van der Waals surface area contributed by atoms with E-state index < -0.39 is 5.97 Å². The molecule has 5 heteroatoms. The minimum Gasteiger partial charge on any atom is -0.507 e. The molecule has 2 N–H and O–H groups in total. The Morgan fingerprint density at radius 1 is 0.958 bits per heavy atom. The third-order valence-corrected chi connectivity index (χ3v) is 3.91. The molecule has 1 rings (SSSR count). The van der Waals surface area contributed by atoms with E-state index in [9.17, 15) is 14.7 Å². The van der Waals surface area contributed by atoms with Gasteiger partial charge in [-0.2, -0.15) is 0 Å². The molecule has 0 aliphatic heterocycles. The van der Waals surface area contributed by atoms with Crippen molar-refractivity contribution in [1.82, 2.24) is 0 Å². The average molecular weight is 336 g/mol. The maximum absolute atomic E-state index is 11.8. The van der Waals surface area contributed by atoms with Gasteiger partial charge in [-0.25, -0.2) is 4.79 Å². The maximum Gasteiger partial charge on any atom is 0.339 e. The molecule has 0 atom stereocenters. The normalized spacial score (nSPS) is 10.5. The Morgan fingerprint density at radius 3 is 2.12 bits per heavy atom. The highest BCUT2D eigenvalue weighted by Gasteiger charge is 2.12. The van der Waals surface area contributed by atoms with Crippen LogP contribution in [0, 0.1) is 0 Å². The van der Waals surface area contributed by atoms with Crippen molar-refractivity contribution in [2.75, 3.05) is 0 Å². The van der Waals surface area contributed by atoms with E-state index in [1.807, 2.05) is 0 Å². The molecule has 0 unspecified atom stereocenters. The fraction of sp³-hybridized carbons (Fsp3) is 0.579. The molecule has 0 saturated heterocycles. The second kappa shape index (κ2) is 11.5. The van der Waals surface area contributed by atoms with E-state index in [-0.39, 0.29) is 23.0 Å². The Bertz CT molecular complexity index is 524. The number of aromatic carboxylic acids is 1. The number of carbonyl (C=O) groups excluding carboxylic acids is 1. The van der Waals surface area contributed by atoms with E-state index in [2.05, 4.69) is 6.92 Å². The number of rotatable bonds is 12. The largest absolute Gasteiger partial charge is 0.507 e. The zero-order valence-electron chi connectivity index (χ0n) is 14.4. The van der Waals surface area contributed by atoms with Crippen LogP contribution in [0.3, 0.4) is 0 Å². The number of hydrogen-bond acceptors (Lipinski definition) is 4. The summed E-state index contributed by atoms with van der Waals surface area (Å²) in [4.78, 5) is 22.7. The van der Waals surface area contributed by atoms with Crippen molar-refractivity contribution in [1.29, 1.82) is 0 Å². The first-order chi connectivity index (χ1) is 11.5. The van der Waals surface area contributed by atoms with Crippen LogP contribution in [0.4, 0.5) is 0 Å². The Balaban J connectivity index is 2.18. The van der Waals surface area contributed by atoms with Crippen LogP contribution in [0.25, 0.3) is 0 Å². The van der Waals surface area contributed by atoms with E-state index in [0.717, 1.165) is 25.3 Å². The summed E-state index contributed by atoms with van der Waals surface area (Å²) >= 11 is 0. The van der Waals surface area contributed by atoms with Crippen molar-refractivity contribution in [3.05, 3.63) is 23.8 Å². The van der Waals surface area contributed by atoms with Gasteiger partial charge in [-0.3, -0.25) is 4.79 Å². The van der Waals surface area contributed by atoms with Crippen LogP contribution in [0.1, 0.15) is 81.5 Å². The summed E-state index contributed by atoms with van der Waals surface area (Å²) in [7, 11) is 0. The van der Waals surface area contributed by atoms with Crippen LogP contribution < -0.4 is 4.74 Å². The molecule has 24 heavy (non-hydrogen) atoms. The average Bonchev–Trinajstić information content (AvgIpc) is 2.55. The number of unbranched alkanes of at least 4 members (excludes halogenated alkanes) is 8. The number of ether oxygens (including phenoxy) is 1. The maximum atomic E-state index is 11.8. The number of aromatic hydroxyl groups is 1. The van der Waals surface area contributed by atoms with Crippen molar-refractivity contribution in [3.63, 3.8) is 0 Å². The second-order valence-corrected chi connectivity index (χ2v) is 6.04. The zero-order valence-corrected chi connectivity index (χ0v) is 14.4. The number of carboxylic acids is 1. The predicted molar refractivity (Wildman–Crippen MR) is 92.5 cm³/mol. The van der Waals surface area contributed by atoms with Crippen LogP contribution >= 0.6 is 0 Å². The summed E-state index contributed by atoms with van der Waals surface area (Å²) < 4.78 is 5.12. The minimum absolute atomic E-state index is 0.145. The van der Waals surface area contributed by atoms with Gasteiger partial charge in [-0.15, -0.1) is 0 Å². The number of esters is 1. The quantitative estimate of drug-likeness (QED) is 0.322. The topological polar surface area (TPSA) is 83.8 Å². The molecule has 0 bridgehead atoms. The fourth-order valence-corrected chi connectivity index (χ4v) is 2.51. The van der Waals surface area contributed by atoms with E-state index in [1.54, 1.807) is 0 Å². The smallest absolute Gasteiger partial charge is 0.339 e. The number of hydrogen-bond donors (Lipinski definition) is 2. The molecule has 1 aromatic carbocycles. The third kappa shape index (κ3) is 7.99. The first kappa shape index (κ1) is 20.0. The van der Waals surface area contributed by atoms with Gasteiger partial charge in [0, 0.05) is 6.42 Å². The monoisotopic (exact) mass is 336 g/mol. The fourth-order valence-electron chi connectivity index (χ4n) is 2.51. The Morgan fingerprint density at radius 2 is 1.54 bits per heavy atom. The van der Waals surface area contributed by atoms with Crippen LogP contribution in [0.5, 0.6) is 11.5 Å². The SMILES string of the molecule is CCCCCCCCCCCC(=O)Oc1ccc(O)c(C(=O)O)c1. The summed E-state index contributed by atoms with van der Waals surface area (Å²) in [5, 5.41) is 18.3. The standard InChI is InChI=1S/C19H28O5/c1-2-3-4-5-6-7-8-9-10-11-18(21)24-15-12-13-17(20)16(14-15)19(22)23/h12-14,20H,2-11H2,1H3,(H,22,23). The van der Waals surface area contributed by atoms with Crippen molar-refractivity contribution in [2.24, 2.45) is 0 Å². The van der Waals surface area contributed by atoms with Crippen LogP contribution in [-0.2, 0) is 4.79 Å². The molecule has 0 aliphatic rings. The van der Waals surface area contributed by atoms with E-state index >= 15 is 0 Å². The lowest BCUT2D eigenvalue weighted by Gasteiger charge is -2.06. The van der Waals surface area contributed by atoms with Gasteiger partial charge in [0.1, 0.15) is 17.1 Å². The molecule has 0 heterocycles. The number of phenols is 1. The molecular formula is C19H28O5. The summed E-state index contributed by atoms with van der Waals surface area (Å²) in [6.07, 6.45) is 10.9. The predicted octanol–water partition coefficient (Wildman–Crippen LogP) is 4.92. The Labute approximate surface area is 143 Å². The molecule has 0 amide bonds. The number of carbonyl (C=O) groups is 2. The first-order valence-electron chi connectivity index (χ1n) is 8.81. The molecule has 0 saturated carbocycles. The van der Waals surface area contributed by atoms with E-state index in [0.29, 0.717) is 6.42 Å². The lowest BCUT2D eigenvalue weighted by Crippen LogP contribution is -2.08. The summed E-state index contributed by atoms with van der Waals surface area (Å²) in [6.45, 7) is 2.21. The minimum atomic E-state index is -1.26. The first-order valence-corrected chi connectivity index (χ1v) is 8.81. The molecule has 1 aromatic rings. The van der Waals surface area contributed by atoms with Crippen LogP contribution in [-0.4, -0.2) is 22.2 Å². The van der Waals surface area contributed by atoms with E-state index in [4.69, 9.17) is 9.84 Å². The Hall–Kier alpha value is -2.04. The highest BCUT2D eigenvalue weighted by Crippen LogP contribution is 2.23. The molecule has 0 aromatic heterocycles. The van der Waals surface area contributed by atoms with Gasteiger partial charge in [0.2, 0.25) is 0 Å². The molecule has 5 nitrogen and oxygen atoms in total. The molecule has 0 aliphatic carbocycles. The lowest BCUT2D eigenvalue weighted by atomic mass is 10.1. The van der Waals surface area contributed by atoms with Gasteiger partial charge in [-0.05, 0) is 24.6 Å². The van der Waals surface area contributed by atoms with Gasteiger partial charge >= 0.3 is 11.9 Å².